The van der Waals surface area contributed by atoms with Gasteiger partial charge in [-0.1, -0.05) is 4.47 Å². The molecule has 8 nitrogen and oxygen atoms in total. The van der Waals surface area contributed by atoms with Crippen LogP contribution in [0.4, 0.5) is 0 Å². The molecular weight excluding hydrogens is 442 g/mol. The number of hydrogen-bond acceptors (Lipinski definition) is 5. The molecule has 4 saturated carbocycles. The molecule has 1 heterocycles. The fourth-order valence-corrected chi connectivity index (χ4v) is 7.99. The van der Waals surface area contributed by atoms with Gasteiger partial charge in [-0.3, -0.25) is 14.4 Å². The molecule has 1 aromatic carbocycles. The van der Waals surface area contributed by atoms with E-state index in [1.165, 1.54) is 57.7 Å². The Labute approximate surface area is 195 Å². The summed E-state index contributed by atoms with van der Waals surface area (Å²) in [5.41, 5.74) is 0.298. The van der Waals surface area contributed by atoms with Crippen LogP contribution in [0.5, 0.6) is 0 Å². The summed E-state index contributed by atoms with van der Waals surface area (Å²) in [6.07, 6.45) is 7.13. The second-order valence-electron chi connectivity index (χ2n) is 10.4. The van der Waals surface area contributed by atoms with Crippen LogP contribution < -0.4 is 0 Å². The van der Waals surface area contributed by atoms with E-state index in [4.69, 9.17) is 4.84 Å². The van der Waals surface area contributed by atoms with Gasteiger partial charge in [0.2, 0.25) is 5.91 Å². The molecule has 1 aromatic rings. The molecular formula is C24H33N3O5S. The second-order valence-corrected chi connectivity index (χ2v) is 12.3. The monoisotopic (exact) mass is 475 g/mol. The van der Waals surface area contributed by atoms with E-state index in [-0.39, 0.29) is 16.2 Å². The summed E-state index contributed by atoms with van der Waals surface area (Å²) in [5, 5.41) is 0. The molecule has 6 rings (SSSR count). The van der Waals surface area contributed by atoms with Crippen LogP contribution in [0, 0.1) is 23.2 Å². The molecule has 33 heavy (non-hydrogen) atoms. The first-order chi connectivity index (χ1) is 15.7. The van der Waals surface area contributed by atoms with Crippen molar-refractivity contribution in [2.24, 2.45) is 23.2 Å². The van der Waals surface area contributed by atoms with Crippen molar-refractivity contribution in [3.8, 4) is 0 Å². The van der Waals surface area contributed by atoms with E-state index in [9.17, 15) is 18.0 Å². The van der Waals surface area contributed by atoms with E-state index in [2.05, 4.69) is 0 Å². The van der Waals surface area contributed by atoms with Crippen LogP contribution in [0.15, 0.2) is 29.2 Å². The van der Waals surface area contributed by atoms with Crippen molar-refractivity contribution in [2.75, 3.05) is 40.3 Å². The van der Waals surface area contributed by atoms with E-state index in [1.54, 1.807) is 4.90 Å². The van der Waals surface area contributed by atoms with E-state index in [0.717, 1.165) is 41.5 Å². The Kier molecular flexibility index (Phi) is 5.77. The third-order valence-electron chi connectivity index (χ3n) is 8.34. The predicted molar refractivity (Wildman–Crippen MR) is 121 cm³/mol. The van der Waals surface area contributed by atoms with Crippen molar-refractivity contribution in [2.45, 2.75) is 43.4 Å². The number of sulfonamides is 1. The molecule has 2 amide bonds. The lowest BCUT2D eigenvalue weighted by molar-refractivity contribution is -0.159. The van der Waals surface area contributed by atoms with Crippen LogP contribution in [0.25, 0.3) is 0 Å². The first kappa shape index (κ1) is 22.8. The van der Waals surface area contributed by atoms with Crippen LogP contribution in [0.1, 0.15) is 48.9 Å². The van der Waals surface area contributed by atoms with Crippen molar-refractivity contribution in [1.82, 2.24) is 14.3 Å². The molecule has 0 spiro atoms. The Morgan fingerprint density at radius 2 is 1.39 bits per heavy atom. The van der Waals surface area contributed by atoms with E-state index >= 15 is 0 Å². The molecule has 5 aliphatic rings. The fraction of sp³-hybridized carbons (Fsp3) is 0.667. The number of hydroxylamine groups is 1. The second kappa shape index (κ2) is 8.36. The smallest absolute Gasteiger partial charge is 0.264 e. The van der Waals surface area contributed by atoms with Gasteiger partial charge in [0.15, 0.2) is 0 Å². The molecule has 5 fully saturated rings. The maximum Gasteiger partial charge on any atom is 0.264 e. The largest absolute Gasteiger partial charge is 0.339 e. The minimum Gasteiger partial charge on any atom is -0.339 e. The molecule has 1 aliphatic heterocycles. The molecule has 0 radical (unpaired) electrons. The van der Waals surface area contributed by atoms with Crippen LogP contribution in [-0.2, 0) is 19.7 Å². The highest BCUT2D eigenvalue weighted by molar-refractivity contribution is 7.89. The van der Waals surface area contributed by atoms with Gasteiger partial charge < -0.3 is 9.80 Å². The third-order valence-corrected chi connectivity index (χ3v) is 10.0. The Morgan fingerprint density at radius 1 is 0.909 bits per heavy atom. The Morgan fingerprint density at radius 3 is 1.88 bits per heavy atom. The molecule has 180 valence electrons. The zero-order valence-corrected chi connectivity index (χ0v) is 20.2. The van der Waals surface area contributed by atoms with Gasteiger partial charge in [0.25, 0.3) is 15.9 Å². The molecule has 0 N–H and O–H groups in total. The standard InChI is InChI=1S/C24H33N3O5S/c1-25(32-2)33(30,31)21-5-3-20(4-6-21)22(28)26-7-9-27(10-8-26)23(29)24-14-17-11-18(15-24)13-19(12-17)16-24/h3-6,17-19H,7-16H2,1-2H3. The van der Waals surface area contributed by atoms with Crippen LogP contribution in [-0.4, -0.2) is 74.8 Å². The zero-order valence-electron chi connectivity index (χ0n) is 19.4. The molecule has 4 aliphatic carbocycles. The van der Waals surface area contributed by atoms with Gasteiger partial charge in [-0.2, -0.15) is 0 Å². The number of benzene rings is 1. The van der Waals surface area contributed by atoms with E-state index < -0.39 is 10.0 Å². The summed E-state index contributed by atoms with van der Waals surface area (Å²) in [6.45, 7) is 2.14. The average Bonchev–Trinajstić information content (AvgIpc) is 2.82. The fourth-order valence-electron chi connectivity index (χ4n) is 7.02. The summed E-state index contributed by atoms with van der Waals surface area (Å²) in [6, 6.07) is 5.91. The number of nitrogens with zero attached hydrogens (tertiary/aromatic N) is 3. The van der Waals surface area contributed by atoms with E-state index in [0.29, 0.717) is 37.6 Å². The van der Waals surface area contributed by atoms with Crippen LogP contribution in [0.2, 0.25) is 0 Å². The number of carbonyl (C=O) groups is 2. The molecule has 0 unspecified atom stereocenters. The van der Waals surface area contributed by atoms with Gasteiger partial charge in [0.1, 0.15) is 0 Å². The molecule has 4 bridgehead atoms. The highest BCUT2D eigenvalue weighted by Gasteiger charge is 2.55. The maximum absolute atomic E-state index is 13.6. The van der Waals surface area contributed by atoms with Gasteiger partial charge >= 0.3 is 0 Å². The minimum absolute atomic E-state index is 0.0642. The Hall–Kier alpha value is -1.97. The number of carbonyl (C=O) groups excluding carboxylic acids is 2. The highest BCUT2D eigenvalue weighted by Crippen LogP contribution is 2.60. The predicted octanol–water partition coefficient (Wildman–Crippen LogP) is 2.37. The van der Waals surface area contributed by atoms with Gasteiger partial charge in [-0.25, -0.2) is 8.42 Å². The summed E-state index contributed by atoms with van der Waals surface area (Å²) in [5.74, 6) is 2.39. The minimum atomic E-state index is -3.75. The maximum atomic E-state index is 13.6. The number of rotatable bonds is 5. The third kappa shape index (κ3) is 3.98. The van der Waals surface area contributed by atoms with Crippen molar-refractivity contribution in [1.29, 1.82) is 0 Å². The summed E-state index contributed by atoms with van der Waals surface area (Å²) >= 11 is 0. The first-order valence-corrected chi connectivity index (χ1v) is 13.4. The van der Waals surface area contributed by atoms with Gasteiger partial charge in [0.05, 0.1) is 17.4 Å². The Balaban J connectivity index is 1.21. The number of piperazine rings is 1. The summed E-state index contributed by atoms with van der Waals surface area (Å²) < 4.78 is 25.5. The van der Waals surface area contributed by atoms with Crippen LogP contribution in [0.3, 0.4) is 0 Å². The van der Waals surface area contributed by atoms with Gasteiger partial charge in [-0.05, 0) is 80.5 Å². The number of amides is 2. The van der Waals surface area contributed by atoms with Crippen molar-refractivity contribution < 1.29 is 22.8 Å². The zero-order chi connectivity index (χ0) is 23.4. The molecule has 9 heteroatoms. The average molecular weight is 476 g/mol. The normalized spacial score (nSPS) is 31.3. The summed E-state index contributed by atoms with van der Waals surface area (Å²) in [4.78, 5) is 35.1. The van der Waals surface area contributed by atoms with Gasteiger partial charge in [0, 0.05) is 38.8 Å². The number of hydrogen-bond donors (Lipinski definition) is 0. The Bertz CT molecular complexity index is 995. The van der Waals surface area contributed by atoms with Crippen molar-refractivity contribution >= 4 is 21.8 Å². The van der Waals surface area contributed by atoms with E-state index in [1.807, 2.05) is 4.90 Å². The molecule has 0 aromatic heterocycles. The van der Waals surface area contributed by atoms with Crippen LogP contribution >= 0.6 is 0 Å². The SMILES string of the molecule is CON(C)S(=O)(=O)c1ccc(C(=O)N2CCN(C(=O)C34CC5CC(CC(C5)C3)C4)CC2)cc1. The molecule has 1 saturated heterocycles. The lowest BCUT2D eigenvalue weighted by Crippen LogP contribution is -2.58. The molecule has 0 atom stereocenters. The lowest BCUT2D eigenvalue weighted by Gasteiger charge is -2.57. The highest BCUT2D eigenvalue weighted by atomic mass is 32.2. The topological polar surface area (TPSA) is 87.2 Å². The van der Waals surface area contributed by atoms with Crippen molar-refractivity contribution in [3.63, 3.8) is 0 Å². The first-order valence-electron chi connectivity index (χ1n) is 11.9. The summed E-state index contributed by atoms with van der Waals surface area (Å²) in [7, 11) is -1.15. The van der Waals surface area contributed by atoms with Gasteiger partial charge in [-0.15, -0.1) is 0 Å². The van der Waals surface area contributed by atoms with Crippen molar-refractivity contribution in [3.05, 3.63) is 29.8 Å². The lowest BCUT2D eigenvalue weighted by atomic mass is 9.49. The quantitative estimate of drug-likeness (QED) is 0.610.